The van der Waals surface area contributed by atoms with Crippen molar-refractivity contribution in [2.45, 2.75) is 11.4 Å². The zero-order valence-corrected chi connectivity index (χ0v) is 16.9. The lowest BCUT2D eigenvalue weighted by Gasteiger charge is -2.19. The van der Waals surface area contributed by atoms with Crippen LogP contribution in [0.15, 0.2) is 82.6 Å². The molecule has 1 aliphatic rings. The van der Waals surface area contributed by atoms with Crippen molar-refractivity contribution in [3.63, 3.8) is 0 Å². The molecule has 0 saturated carbocycles. The highest BCUT2D eigenvalue weighted by Crippen LogP contribution is 2.39. The van der Waals surface area contributed by atoms with Crippen LogP contribution in [-0.2, 0) is 11.3 Å². The van der Waals surface area contributed by atoms with Crippen LogP contribution in [0, 0.1) is 0 Å². The summed E-state index contributed by atoms with van der Waals surface area (Å²) in [7, 11) is 0. The summed E-state index contributed by atoms with van der Waals surface area (Å²) < 4.78 is 0. The normalized spacial score (nSPS) is 14.2. The lowest BCUT2D eigenvalue weighted by Crippen LogP contribution is -2.23. The fraction of sp³-hybridized carbons (Fsp3) is 0.0435. The molecule has 6 heteroatoms. The van der Waals surface area contributed by atoms with E-state index in [1.807, 2.05) is 48.5 Å². The van der Waals surface area contributed by atoms with E-state index < -0.39 is 0 Å². The third kappa shape index (κ3) is 4.70. The second-order valence-corrected chi connectivity index (χ2v) is 8.02. The fourth-order valence-electron chi connectivity index (χ4n) is 2.93. The number of hydrogen-bond acceptors (Lipinski definition) is 3. The van der Waals surface area contributed by atoms with Gasteiger partial charge in [-0.1, -0.05) is 65.8 Å². The number of amides is 2. The summed E-state index contributed by atoms with van der Waals surface area (Å²) in [6.07, 6.45) is 1.80. The van der Waals surface area contributed by atoms with E-state index in [4.69, 9.17) is 11.6 Å². The number of hydrogen-bond donors (Lipinski definition) is 2. The van der Waals surface area contributed by atoms with E-state index in [-0.39, 0.29) is 11.8 Å². The van der Waals surface area contributed by atoms with E-state index >= 15 is 0 Å². The van der Waals surface area contributed by atoms with Crippen molar-refractivity contribution in [2.75, 3.05) is 5.32 Å². The predicted molar refractivity (Wildman–Crippen MR) is 118 cm³/mol. The maximum absolute atomic E-state index is 12.5. The molecule has 0 radical (unpaired) electrons. The van der Waals surface area contributed by atoms with E-state index in [1.165, 1.54) is 11.8 Å². The Balaban J connectivity index is 1.49. The monoisotopic (exact) mass is 420 g/mol. The van der Waals surface area contributed by atoms with E-state index in [1.54, 1.807) is 30.3 Å². The number of halogens is 1. The Morgan fingerprint density at radius 3 is 2.66 bits per heavy atom. The minimum absolute atomic E-state index is 0.184. The van der Waals surface area contributed by atoms with Crippen LogP contribution in [0.3, 0.4) is 0 Å². The Morgan fingerprint density at radius 2 is 1.86 bits per heavy atom. The molecule has 144 valence electrons. The summed E-state index contributed by atoms with van der Waals surface area (Å²) in [4.78, 5) is 26.4. The molecule has 0 unspecified atom stereocenters. The average molecular weight is 421 g/mol. The highest BCUT2D eigenvalue weighted by molar-refractivity contribution is 8.04. The Bertz CT molecular complexity index is 1110. The third-order valence-corrected chi connectivity index (χ3v) is 5.71. The summed E-state index contributed by atoms with van der Waals surface area (Å²) in [6.45, 7) is 0.449. The molecule has 2 N–H and O–H groups in total. The first-order valence-electron chi connectivity index (χ1n) is 9.01. The Kier molecular flexibility index (Phi) is 5.69. The highest BCUT2D eigenvalue weighted by atomic mass is 35.5. The molecule has 29 heavy (non-hydrogen) atoms. The molecular formula is C23H17ClN2O2S. The summed E-state index contributed by atoms with van der Waals surface area (Å²) in [5.74, 6) is -0.388. The van der Waals surface area contributed by atoms with Crippen molar-refractivity contribution in [2.24, 2.45) is 0 Å². The molecule has 2 amide bonds. The third-order valence-electron chi connectivity index (χ3n) is 4.38. The van der Waals surface area contributed by atoms with Gasteiger partial charge in [0.25, 0.3) is 11.8 Å². The summed E-state index contributed by atoms with van der Waals surface area (Å²) in [5, 5.41) is 6.39. The Morgan fingerprint density at radius 1 is 1.03 bits per heavy atom. The van der Waals surface area contributed by atoms with Crippen molar-refractivity contribution >= 4 is 46.9 Å². The van der Waals surface area contributed by atoms with Gasteiger partial charge in [-0.15, -0.1) is 0 Å². The summed E-state index contributed by atoms with van der Waals surface area (Å²) >= 11 is 7.39. The first kappa shape index (κ1) is 19.3. The van der Waals surface area contributed by atoms with Crippen LogP contribution in [0.5, 0.6) is 0 Å². The molecule has 3 aromatic carbocycles. The Labute approximate surface area is 178 Å². The molecule has 1 heterocycles. The van der Waals surface area contributed by atoms with Crippen molar-refractivity contribution in [1.82, 2.24) is 5.32 Å². The van der Waals surface area contributed by atoms with Crippen LogP contribution in [-0.4, -0.2) is 11.8 Å². The van der Waals surface area contributed by atoms with Gasteiger partial charge in [0.1, 0.15) is 0 Å². The first-order valence-corrected chi connectivity index (χ1v) is 10.2. The van der Waals surface area contributed by atoms with E-state index in [0.29, 0.717) is 27.7 Å². The molecule has 3 aromatic rings. The van der Waals surface area contributed by atoms with Gasteiger partial charge in [-0.05, 0) is 47.5 Å². The number of rotatable bonds is 4. The number of carbonyl (C=O) groups excluding carboxylic acids is 2. The smallest absolute Gasteiger partial charge is 0.262 e. The standard InChI is InChI=1S/C23H17ClN2O2S/c24-18-8-4-7-16(11-18)12-21-23(28)26-19-13-17(9-10-20(19)29-21)22(27)25-14-15-5-2-1-3-6-15/h1-13H,14H2,(H,25,27)(H,26,28)/b21-12+. The van der Waals surface area contributed by atoms with Gasteiger partial charge in [0.15, 0.2) is 0 Å². The lowest BCUT2D eigenvalue weighted by atomic mass is 10.1. The zero-order chi connectivity index (χ0) is 20.2. The molecule has 0 atom stereocenters. The first-order chi connectivity index (χ1) is 14.1. The molecule has 0 spiro atoms. The molecule has 0 aliphatic carbocycles. The lowest BCUT2D eigenvalue weighted by molar-refractivity contribution is -0.112. The number of nitrogens with one attached hydrogen (secondary N) is 2. The minimum Gasteiger partial charge on any atom is -0.348 e. The summed E-state index contributed by atoms with van der Waals surface area (Å²) in [5.41, 5.74) is 3.02. The number of anilines is 1. The SMILES string of the molecule is O=C1Nc2cc(C(=O)NCc3ccccc3)ccc2S/C1=C/c1cccc(Cl)c1. The van der Waals surface area contributed by atoms with Gasteiger partial charge in [-0.25, -0.2) is 0 Å². The van der Waals surface area contributed by atoms with Gasteiger partial charge in [0.05, 0.1) is 10.6 Å². The molecule has 1 aliphatic heterocycles. The van der Waals surface area contributed by atoms with Crippen LogP contribution >= 0.6 is 23.4 Å². The van der Waals surface area contributed by atoms with Crippen LogP contribution in [0.25, 0.3) is 6.08 Å². The fourth-order valence-corrected chi connectivity index (χ4v) is 4.06. The Hall–Kier alpha value is -3.02. The van der Waals surface area contributed by atoms with Gasteiger partial charge in [-0.2, -0.15) is 0 Å². The second kappa shape index (κ2) is 8.55. The number of benzene rings is 3. The van der Waals surface area contributed by atoms with Crippen LogP contribution in [0.1, 0.15) is 21.5 Å². The van der Waals surface area contributed by atoms with E-state index in [9.17, 15) is 9.59 Å². The van der Waals surface area contributed by atoms with Gasteiger partial charge >= 0.3 is 0 Å². The van der Waals surface area contributed by atoms with Gasteiger partial charge < -0.3 is 10.6 Å². The summed E-state index contributed by atoms with van der Waals surface area (Å²) in [6, 6.07) is 22.4. The van der Waals surface area contributed by atoms with Gasteiger partial charge in [0, 0.05) is 22.0 Å². The van der Waals surface area contributed by atoms with Crippen LogP contribution < -0.4 is 10.6 Å². The van der Waals surface area contributed by atoms with E-state index in [0.717, 1.165) is 16.0 Å². The second-order valence-electron chi connectivity index (χ2n) is 6.50. The number of fused-ring (bicyclic) bond motifs is 1. The van der Waals surface area contributed by atoms with Crippen molar-refractivity contribution in [3.05, 3.63) is 99.4 Å². The maximum atomic E-state index is 12.5. The zero-order valence-electron chi connectivity index (χ0n) is 15.3. The molecular weight excluding hydrogens is 404 g/mol. The highest BCUT2D eigenvalue weighted by Gasteiger charge is 2.22. The minimum atomic E-state index is -0.204. The van der Waals surface area contributed by atoms with Crippen molar-refractivity contribution < 1.29 is 9.59 Å². The van der Waals surface area contributed by atoms with E-state index in [2.05, 4.69) is 10.6 Å². The van der Waals surface area contributed by atoms with Gasteiger partial charge in [0.2, 0.25) is 0 Å². The molecule has 0 saturated heterocycles. The van der Waals surface area contributed by atoms with Gasteiger partial charge in [-0.3, -0.25) is 9.59 Å². The number of thioether (sulfide) groups is 1. The largest absolute Gasteiger partial charge is 0.348 e. The molecule has 0 bridgehead atoms. The van der Waals surface area contributed by atoms with Crippen molar-refractivity contribution in [1.29, 1.82) is 0 Å². The molecule has 4 rings (SSSR count). The molecule has 0 fully saturated rings. The van der Waals surface area contributed by atoms with Crippen molar-refractivity contribution in [3.8, 4) is 0 Å². The quantitative estimate of drug-likeness (QED) is 0.559. The van der Waals surface area contributed by atoms with Crippen LogP contribution in [0.2, 0.25) is 5.02 Å². The maximum Gasteiger partial charge on any atom is 0.262 e. The van der Waals surface area contributed by atoms with Crippen LogP contribution in [0.4, 0.5) is 5.69 Å². The average Bonchev–Trinajstić information content (AvgIpc) is 2.73. The predicted octanol–water partition coefficient (Wildman–Crippen LogP) is 5.36. The number of carbonyl (C=O) groups is 2. The molecule has 0 aromatic heterocycles. The molecule has 4 nitrogen and oxygen atoms in total. The topological polar surface area (TPSA) is 58.2 Å².